The number of hydrogen-bond acceptors (Lipinski definition) is 7. The van der Waals surface area contributed by atoms with Crippen molar-refractivity contribution in [1.29, 1.82) is 0 Å². The first kappa shape index (κ1) is 24.3. The molecule has 2 atom stereocenters. The third-order valence-corrected chi connectivity index (χ3v) is 7.12. The summed E-state index contributed by atoms with van der Waals surface area (Å²) in [6.07, 6.45) is 4.92. The molecule has 2 saturated heterocycles. The zero-order valence-electron chi connectivity index (χ0n) is 20.4. The monoisotopic (exact) mass is 511 g/mol. The van der Waals surface area contributed by atoms with Gasteiger partial charge in [-0.15, -0.1) is 0 Å². The van der Waals surface area contributed by atoms with Gasteiger partial charge in [-0.3, -0.25) is 10.1 Å². The molecule has 0 saturated carbocycles. The van der Waals surface area contributed by atoms with Crippen LogP contribution < -0.4 is 16.0 Å². The van der Waals surface area contributed by atoms with E-state index in [0.29, 0.717) is 22.8 Å². The molecule has 0 spiro atoms. The number of aryl methyl sites for hydroxylation is 1. The molecule has 4 heterocycles. The molecular formula is C25H30ClN7O3. The van der Waals surface area contributed by atoms with Gasteiger partial charge in [0.2, 0.25) is 0 Å². The standard InChI is InChI=1S/C25H30ClN7O3/c1-15-13-33-22(29-23(15)31-10-8-17(27)14-31)12-20(30-33)21-5-3-4-9-32(21)24(34)18-11-16(26)6-7-19(18)28-25(35)36-2/h6-7,11-13,17,21H,3-5,8-10,14,27H2,1-2H3,(H,28,35). The Morgan fingerprint density at radius 3 is 2.78 bits per heavy atom. The highest BCUT2D eigenvalue weighted by atomic mass is 35.5. The van der Waals surface area contributed by atoms with Gasteiger partial charge in [-0.05, 0) is 50.8 Å². The summed E-state index contributed by atoms with van der Waals surface area (Å²) < 4.78 is 6.50. The average molecular weight is 512 g/mol. The molecule has 10 nitrogen and oxygen atoms in total. The number of nitrogens with zero attached hydrogens (tertiary/aromatic N) is 5. The van der Waals surface area contributed by atoms with Crippen LogP contribution in [0.4, 0.5) is 16.3 Å². The summed E-state index contributed by atoms with van der Waals surface area (Å²) in [6.45, 7) is 4.28. The molecule has 2 aliphatic heterocycles. The van der Waals surface area contributed by atoms with Crippen molar-refractivity contribution in [1.82, 2.24) is 19.5 Å². The number of benzene rings is 1. The number of ether oxygens (including phenoxy) is 1. The number of piperidine rings is 1. The minimum atomic E-state index is -0.655. The normalized spacial score (nSPS) is 20.1. The van der Waals surface area contributed by atoms with Crippen LogP contribution in [0.25, 0.3) is 5.65 Å². The number of anilines is 2. The number of aromatic nitrogens is 3. The van der Waals surface area contributed by atoms with Gasteiger partial charge < -0.3 is 20.3 Å². The van der Waals surface area contributed by atoms with Crippen LogP contribution in [0.5, 0.6) is 0 Å². The number of amides is 2. The van der Waals surface area contributed by atoms with Crippen LogP contribution in [0.15, 0.2) is 30.5 Å². The average Bonchev–Trinajstić information content (AvgIpc) is 3.49. The van der Waals surface area contributed by atoms with Gasteiger partial charge >= 0.3 is 6.09 Å². The van der Waals surface area contributed by atoms with Gasteiger partial charge in [-0.25, -0.2) is 14.3 Å². The van der Waals surface area contributed by atoms with Crippen LogP contribution in [-0.4, -0.2) is 64.3 Å². The van der Waals surface area contributed by atoms with E-state index >= 15 is 0 Å². The molecule has 0 aliphatic carbocycles. The van der Waals surface area contributed by atoms with Gasteiger partial charge in [0.25, 0.3) is 5.91 Å². The van der Waals surface area contributed by atoms with Gasteiger partial charge in [0.15, 0.2) is 5.65 Å². The number of nitrogens with one attached hydrogen (secondary N) is 1. The maximum Gasteiger partial charge on any atom is 0.411 e. The van der Waals surface area contributed by atoms with Crippen LogP contribution in [0, 0.1) is 6.92 Å². The highest BCUT2D eigenvalue weighted by Gasteiger charge is 2.32. The van der Waals surface area contributed by atoms with Crippen LogP contribution in [0.1, 0.15) is 53.3 Å². The lowest BCUT2D eigenvalue weighted by Crippen LogP contribution is -2.39. The lowest BCUT2D eigenvalue weighted by atomic mass is 9.98. The maximum atomic E-state index is 13.8. The second-order valence-electron chi connectivity index (χ2n) is 9.43. The molecule has 3 N–H and O–H groups in total. The molecule has 2 fully saturated rings. The fraction of sp³-hybridized carbons (Fsp3) is 0.440. The topological polar surface area (TPSA) is 118 Å². The highest BCUT2D eigenvalue weighted by Crippen LogP contribution is 2.34. The summed E-state index contributed by atoms with van der Waals surface area (Å²) in [5.74, 6) is 0.706. The lowest BCUT2D eigenvalue weighted by molar-refractivity contribution is 0.0607. The second kappa shape index (κ2) is 9.94. The number of hydrogen-bond donors (Lipinski definition) is 2. The van der Waals surface area contributed by atoms with Crippen molar-refractivity contribution in [3.63, 3.8) is 0 Å². The van der Waals surface area contributed by atoms with Crippen LogP contribution in [0.2, 0.25) is 5.02 Å². The Balaban J connectivity index is 1.47. The van der Waals surface area contributed by atoms with Gasteiger partial charge in [-0.2, -0.15) is 5.10 Å². The van der Waals surface area contributed by atoms with Crippen molar-refractivity contribution in [3.8, 4) is 0 Å². The maximum absolute atomic E-state index is 13.8. The van der Waals surface area contributed by atoms with Gasteiger partial charge in [0.05, 0.1) is 30.1 Å². The van der Waals surface area contributed by atoms with Crippen molar-refractivity contribution in [2.75, 3.05) is 37.0 Å². The van der Waals surface area contributed by atoms with E-state index in [9.17, 15) is 9.59 Å². The van der Waals surface area contributed by atoms with E-state index in [1.54, 1.807) is 22.7 Å². The molecule has 0 bridgehead atoms. The van der Waals surface area contributed by atoms with E-state index < -0.39 is 6.09 Å². The smallest absolute Gasteiger partial charge is 0.411 e. The molecule has 2 amide bonds. The summed E-state index contributed by atoms with van der Waals surface area (Å²) in [7, 11) is 1.27. The van der Waals surface area contributed by atoms with E-state index in [2.05, 4.69) is 10.2 Å². The Kier molecular flexibility index (Phi) is 6.72. The molecule has 2 unspecified atom stereocenters. The number of methoxy groups -OCH3 is 1. The SMILES string of the molecule is COC(=O)Nc1ccc(Cl)cc1C(=O)N1CCCCC1c1cc2nc(N3CCC(N)C3)c(C)cn2n1. The fourth-order valence-corrected chi connectivity index (χ4v) is 5.25. The predicted octanol–water partition coefficient (Wildman–Crippen LogP) is 3.77. The fourth-order valence-electron chi connectivity index (χ4n) is 5.08. The van der Waals surface area contributed by atoms with E-state index in [-0.39, 0.29) is 18.0 Å². The summed E-state index contributed by atoms with van der Waals surface area (Å²) in [6, 6.07) is 6.70. The summed E-state index contributed by atoms with van der Waals surface area (Å²) in [5.41, 5.74) is 9.32. The number of halogens is 1. The summed E-state index contributed by atoms with van der Waals surface area (Å²) in [4.78, 5) is 34.5. The number of likely N-dealkylation sites (tertiary alicyclic amines) is 1. The molecule has 5 rings (SSSR count). The Bertz CT molecular complexity index is 1310. The van der Waals surface area contributed by atoms with Crippen molar-refractivity contribution >= 4 is 40.8 Å². The molecule has 0 radical (unpaired) electrons. The van der Waals surface area contributed by atoms with Crippen LogP contribution >= 0.6 is 11.6 Å². The van der Waals surface area contributed by atoms with E-state index in [1.165, 1.54) is 7.11 Å². The predicted molar refractivity (Wildman–Crippen MR) is 138 cm³/mol. The number of nitrogens with two attached hydrogens (primary N) is 1. The van der Waals surface area contributed by atoms with Crippen molar-refractivity contribution < 1.29 is 14.3 Å². The molecular weight excluding hydrogens is 482 g/mol. The number of carbonyl (C=O) groups is 2. The van der Waals surface area contributed by atoms with Crippen molar-refractivity contribution in [2.24, 2.45) is 5.73 Å². The van der Waals surface area contributed by atoms with Crippen LogP contribution in [0.3, 0.4) is 0 Å². The molecule has 36 heavy (non-hydrogen) atoms. The first-order valence-electron chi connectivity index (χ1n) is 12.2. The molecule has 1 aromatic carbocycles. The lowest BCUT2D eigenvalue weighted by Gasteiger charge is -2.35. The quantitative estimate of drug-likeness (QED) is 0.547. The molecule has 2 aliphatic rings. The third kappa shape index (κ3) is 4.70. The molecule has 11 heteroatoms. The Morgan fingerprint density at radius 1 is 1.19 bits per heavy atom. The first-order valence-corrected chi connectivity index (χ1v) is 12.5. The zero-order chi connectivity index (χ0) is 25.4. The van der Waals surface area contributed by atoms with Gasteiger partial charge in [0, 0.05) is 48.5 Å². The largest absolute Gasteiger partial charge is 0.453 e. The number of rotatable bonds is 4. The minimum Gasteiger partial charge on any atom is -0.453 e. The Hall–Kier alpha value is -3.37. The summed E-state index contributed by atoms with van der Waals surface area (Å²) in [5, 5.41) is 7.83. The summed E-state index contributed by atoms with van der Waals surface area (Å²) >= 11 is 6.22. The number of carbonyl (C=O) groups excluding carboxylic acids is 2. The van der Waals surface area contributed by atoms with E-state index in [4.69, 9.17) is 32.2 Å². The molecule has 2 aromatic heterocycles. The van der Waals surface area contributed by atoms with Gasteiger partial charge in [0.1, 0.15) is 5.82 Å². The minimum absolute atomic E-state index is 0.162. The van der Waals surface area contributed by atoms with Crippen LogP contribution in [-0.2, 0) is 4.74 Å². The Labute approximate surface area is 214 Å². The molecule has 3 aromatic rings. The third-order valence-electron chi connectivity index (χ3n) is 6.89. The van der Waals surface area contributed by atoms with Crippen molar-refractivity contribution in [3.05, 3.63) is 52.3 Å². The highest BCUT2D eigenvalue weighted by molar-refractivity contribution is 6.31. The second-order valence-corrected chi connectivity index (χ2v) is 9.87. The first-order chi connectivity index (χ1) is 17.3. The van der Waals surface area contributed by atoms with Crippen molar-refractivity contribution in [2.45, 2.75) is 44.7 Å². The van der Waals surface area contributed by atoms with Gasteiger partial charge in [-0.1, -0.05) is 11.6 Å². The molecule has 190 valence electrons. The van der Waals surface area contributed by atoms with E-state index in [0.717, 1.165) is 61.5 Å². The zero-order valence-corrected chi connectivity index (χ0v) is 21.2. The van der Waals surface area contributed by atoms with E-state index in [1.807, 2.05) is 24.1 Å². The Morgan fingerprint density at radius 2 is 2.03 bits per heavy atom. The number of fused-ring (bicyclic) bond motifs is 1.